The van der Waals surface area contributed by atoms with E-state index in [0.717, 1.165) is 5.56 Å². The number of halogens is 1. The summed E-state index contributed by atoms with van der Waals surface area (Å²) in [6.45, 7) is 2.03. The average Bonchev–Trinajstić information content (AvgIpc) is 2.32. The van der Waals surface area contributed by atoms with Crippen molar-refractivity contribution in [3.8, 4) is 11.8 Å². The van der Waals surface area contributed by atoms with Gasteiger partial charge in [-0.15, -0.1) is 0 Å². The van der Waals surface area contributed by atoms with E-state index in [1.54, 1.807) is 24.5 Å². The average molecular weight is 233 g/mol. The molecule has 2 N–H and O–H groups in total. The van der Waals surface area contributed by atoms with Crippen molar-refractivity contribution in [2.75, 3.05) is 0 Å². The first kappa shape index (κ1) is 11.5. The van der Waals surface area contributed by atoms with Crippen molar-refractivity contribution in [3.63, 3.8) is 0 Å². The van der Waals surface area contributed by atoms with Crippen LogP contribution in [0, 0.1) is 12.7 Å². The van der Waals surface area contributed by atoms with Gasteiger partial charge in [-0.2, -0.15) is 0 Å². The third kappa shape index (κ3) is 2.76. The van der Waals surface area contributed by atoms with Crippen molar-refractivity contribution in [1.29, 1.82) is 0 Å². The third-order valence-corrected chi connectivity index (χ3v) is 2.21. The maximum atomic E-state index is 13.4. The summed E-state index contributed by atoms with van der Waals surface area (Å²) in [5, 5.41) is 0. The molecule has 2 rings (SSSR count). The molecule has 0 fully saturated rings. The Morgan fingerprint density at radius 3 is 2.59 bits per heavy atom. The van der Waals surface area contributed by atoms with Crippen LogP contribution in [0.3, 0.4) is 0 Å². The molecule has 5 heteroatoms. The summed E-state index contributed by atoms with van der Waals surface area (Å²) in [5.41, 5.74) is 6.74. The van der Waals surface area contributed by atoms with Crippen LogP contribution in [0.2, 0.25) is 0 Å². The molecule has 0 atom stereocenters. The fourth-order valence-electron chi connectivity index (χ4n) is 1.30. The standard InChI is InChI=1S/C12H12FN3O/c1-8-6-15-12(16-7-8)17-10-3-2-9(5-14)11(13)4-10/h2-4,6-7H,5,14H2,1H3. The maximum absolute atomic E-state index is 13.4. The molecule has 1 aromatic heterocycles. The lowest BCUT2D eigenvalue weighted by molar-refractivity contribution is 0.436. The molecule has 1 aromatic carbocycles. The van der Waals surface area contributed by atoms with Crippen LogP contribution in [0.5, 0.6) is 11.8 Å². The summed E-state index contributed by atoms with van der Waals surface area (Å²) >= 11 is 0. The summed E-state index contributed by atoms with van der Waals surface area (Å²) in [6.07, 6.45) is 3.26. The Morgan fingerprint density at radius 1 is 1.29 bits per heavy atom. The highest BCUT2D eigenvalue weighted by molar-refractivity contribution is 5.30. The lowest BCUT2D eigenvalue weighted by Crippen LogP contribution is -2.00. The van der Waals surface area contributed by atoms with Gasteiger partial charge in [0.15, 0.2) is 0 Å². The van der Waals surface area contributed by atoms with E-state index in [0.29, 0.717) is 11.3 Å². The SMILES string of the molecule is Cc1cnc(Oc2ccc(CN)c(F)c2)nc1. The minimum Gasteiger partial charge on any atom is -0.424 e. The van der Waals surface area contributed by atoms with Crippen LogP contribution in [0.15, 0.2) is 30.6 Å². The minimum atomic E-state index is -0.392. The Morgan fingerprint density at radius 2 is 2.00 bits per heavy atom. The first-order valence-electron chi connectivity index (χ1n) is 5.14. The fourth-order valence-corrected chi connectivity index (χ4v) is 1.30. The zero-order valence-electron chi connectivity index (χ0n) is 9.35. The molecule has 1 heterocycles. The quantitative estimate of drug-likeness (QED) is 0.882. The molecular weight excluding hydrogens is 221 g/mol. The predicted molar refractivity (Wildman–Crippen MR) is 61.1 cm³/mol. The normalized spacial score (nSPS) is 10.3. The number of rotatable bonds is 3. The number of aryl methyl sites for hydroxylation is 1. The lowest BCUT2D eigenvalue weighted by Gasteiger charge is -2.05. The van der Waals surface area contributed by atoms with E-state index >= 15 is 0 Å². The summed E-state index contributed by atoms with van der Waals surface area (Å²) in [7, 11) is 0. The van der Waals surface area contributed by atoms with Crippen LogP contribution < -0.4 is 10.5 Å². The van der Waals surface area contributed by atoms with Gasteiger partial charge in [0, 0.05) is 30.6 Å². The molecule has 0 aliphatic rings. The number of hydrogen-bond acceptors (Lipinski definition) is 4. The highest BCUT2D eigenvalue weighted by atomic mass is 19.1. The smallest absolute Gasteiger partial charge is 0.321 e. The molecule has 88 valence electrons. The predicted octanol–water partition coefficient (Wildman–Crippen LogP) is 2.18. The molecule has 0 unspecified atom stereocenters. The van der Waals surface area contributed by atoms with Crippen molar-refractivity contribution >= 4 is 0 Å². The second kappa shape index (κ2) is 4.88. The first-order valence-corrected chi connectivity index (χ1v) is 5.14. The number of ether oxygens (including phenoxy) is 1. The number of aromatic nitrogens is 2. The molecule has 0 aliphatic heterocycles. The van der Waals surface area contributed by atoms with Gasteiger partial charge in [0.2, 0.25) is 0 Å². The van der Waals surface area contributed by atoms with Gasteiger partial charge in [0.25, 0.3) is 0 Å². The molecule has 0 amide bonds. The van der Waals surface area contributed by atoms with Gasteiger partial charge in [0.1, 0.15) is 11.6 Å². The fraction of sp³-hybridized carbons (Fsp3) is 0.167. The third-order valence-electron chi connectivity index (χ3n) is 2.21. The van der Waals surface area contributed by atoms with E-state index < -0.39 is 5.82 Å². The van der Waals surface area contributed by atoms with Crippen molar-refractivity contribution < 1.29 is 9.13 Å². The molecule has 17 heavy (non-hydrogen) atoms. The Hall–Kier alpha value is -2.01. The van der Waals surface area contributed by atoms with E-state index in [1.807, 2.05) is 6.92 Å². The van der Waals surface area contributed by atoms with Crippen molar-refractivity contribution in [3.05, 3.63) is 47.5 Å². The summed E-state index contributed by atoms with van der Waals surface area (Å²) < 4.78 is 18.7. The van der Waals surface area contributed by atoms with Crippen LogP contribution in [-0.4, -0.2) is 9.97 Å². The number of nitrogens with two attached hydrogens (primary N) is 1. The highest BCUT2D eigenvalue weighted by Gasteiger charge is 2.04. The van der Waals surface area contributed by atoms with Crippen LogP contribution in [0.4, 0.5) is 4.39 Å². The van der Waals surface area contributed by atoms with Crippen LogP contribution >= 0.6 is 0 Å². The Kier molecular flexibility index (Phi) is 3.30. The molecule has 0 spiro atoms. The van der Waals surface area contributed by atoms with Crippen LogP contribution in [0.1, 0.15) is 11.1 Å². The second-order valence-electron chi connectivity index (χ2n) is 3.60. The van der Waals surface area contributed by atoms with Gasteiger partial charge < -0.3 is 10.5 Å². The van der Waals surface area contributed by atoms with Crippen molar-refractivity contribution in [1.82, 2.24) is 9.97 Å². The molecule has 4 nitrogen and oxygen atoms in total. The van der Waals surface area contributed by atoms with Crippen molar-refractivity contribution in [2.45, 2.75) is 13.5 Å². The van der Waals surface area contributed by atoms with E-state index in [-0.39, 0.29) is 12.6 Å². The van der Waals surface area contributed by atoms with Crippen LogP contribution in [0.25, 0.3) is 0 Å². The Labute approximate surface area is 98.3 Å². The first-order chi connectivity index (χ1) is 8.19. The van der Waals surface area contributed by atoms with E-state index in [9.17, 15) is 4.39 Å². The summed E-state index contributed by atoms with van der Waals surface area (Å²) in [6, 6.07) is 4.68. The van der Waals surface area contributed by atoms with Crippen molar-refractivity contribution in [2.24, 2.45) is 5.73 Å². The van der Waals surface area contributed by atoms with E-state index in [1.165, 1.54) is 6.07 Å². The van der Waals surface area contributed by atoms with Gasteiger partial charge in [-0.05, 0) is 18.6 Å². The molecule has 0 aliphatic carbocycles. The van der Waals surface area contributed by atoms with E-state index in [4.69, 9.17) is 10.5 Å². The van der Waals surface area contributed by atoms with Gasteiger partial charge >= 0.3 is 6.01 Å². The molecular formula is C12H12FN3O. The topological polar surface area (TPSA) is 61.0 Å². The second-order valence-corrected chi connectivity index (χ2v) is 3.60. The molecule has 2 aromatic rings. The number of nitrogens with zero attached hydrogens (tertiary/aromatic N) is 2. The van der Waals surface area contributed by atoms with Gasteiger partial charge in [-0.1, -0.05) is 6.07 Å². The zero-order chi connectivity index (χ0) is 12.3. The zero-order valence-corrected chi connectivity index (χ0v) is 9.35. The lowest BCUT2D eigenvalue weighted by atomic mass is 10.2. The Bertz CT molecular complexity index is 514. The number of benzene rings is 1. The Balaban J connectivity index is 2.19. The maximum Gasteiger partial charge on any atom is 0.321 e. The molecule has 0 bridgehead atoms. The molecule has 0 radical (unpaired) electrons. The summed E-state index contributed by atoms with van der Waals surface area (Å²) in [4.78, 5) is 7.93. The minimum absolute atomic E-state index is 0.160. The molecule has 0 saturated heterocycles. The van der Waals surface area contributed by atoms with E-state index in [2.05, 4.69) is 9.97 Å². The monoisotopic (exact) mass is 233 g/mol. The van der Waals surface area contributed by atoms with Gasteiger partial charge in [-0.3, -0.25) is 0 Å². The van der Waals surface area contributed by atoms with Gasteiger partial charge in [-0.25, -0.2) is 14.4 Å². The number of hydrogen-bond donors (Lipinski definition) is 1. The largest absolute Gasteiger partial charge is 0.424 e. The molecule has 0 saturated carbocycles. The van der Waals surface area contributed by atoms with Gasteiger partial charge in [0.05, 0.1) is 0 Å². The summed E-state index contributed by atoms with van der Waals surface area (Å²) in [5.74, 6) is -0.0411. The highest BCUT2D eigenvalue weighted by Crippen LogP contribution is 2.20. The van der Waals surface area contributed by atoms with Crippen LogP contribution in [-0.2, 0) is 6.54 Å².